The van der Waals surface area contributed by atoms with E-state index in [1.807, 2.05) is 12.1 Å². The van der Waals surface area contributed by atoms with Crippen LogP contribution in [0.3, 0.4) is 0 Å². The van der Waals surface area contributed by atoms with Crippen LogP contribution in [0.4, 0.5) is 0 Å². The van der Waals surface area contributed by atoms with Crippen LogP contribution in [-0.4, -0.2) is 38.7 Å². The van der Waals surface area contributed by atoms with Gasteiger partial charge in [-0.3, -0.25) is 0 Å². The third-order valence-electron chi connectivity index (χ3n) is 3.26. The van der Waals surface area contributed by atoms with E-state index in [2.05, 4.69) is 47.8 Å². The van der Waals surface area contributed by atoms with E-state index in [-0.39, 0.29) is 5.41 Å². The van der Waals surface area contributed by atoms with Crippen molar-refractivity contribution in [2.45, 2.75) is 20.3 Å². The highest BCUT2D eigenvalue weighted by Gasteiger charge is 2.18. The molecule has 0 saturated carbocycles. The lowest BCUT2D eigenvalue weighted by atomic mass is 9.93. The van der Waals surface area contributed by atoms with Gasteiger partial charge in [-0.1, -0.05) is 29.8 Å². The van der Waals surface area contributed by atoms with Crippen molar-refractivity contribution >= 4 is 15.9 Å². The summed E-state index contributed by atoms with van der Waals surface area (Å²) in [5, 5.41) is 0. The number of likely N-dealkylation sites (N-methyl/N-ethyl adjacent to an activating group) is 1. The number of benzene rings is 1. The molecule has 0 saturated heterocycles. The summed E-state index contributed by atoms with van der Waals surface area (Å²) in [4.78, 5) is 2.33. The first kappa shape index (κ1) is 16.5. The second-order valence-electron chi connectivity index (χ2n) is 5.81. The molecule has 1 aromatic rings. The molecule has 0 aliphatic carbocycles. The van der Waals surface area contributed by atoms with Gasteiger partial charge in [0, 0.05) is 17.6 Å². The van der Waals surface area contributed by atoms with Crippen molar-refractivity contribution in [3.8, 4) is 5.75 Å². The molecule has 0 atom stereocenters. The van der Waals surface area contributed by atoms with Gasteiger partial charge in [0.2, 0.25) is 0 Å². The zero-order valence-electron chi connectivity index (χ0n) is 12.4. The number of nitrogens with two attached hydrogens (primary N) is 1. The topological polar surface area (TPSA) is 38.5 Å². The molecule has 4 heteroatoms. The van der Waals surface area contributed by atoms with E-state index in [4.69, 9.17) is 10.5 Å². The number of nitrogens with zero attached hydrogens (tertiary/aromatic N) is 1. The minimum absolute atomic E-state index is 0.163. The van der Waals surface area contributed by atoms with Crippen molar-refractivity contribution in [3.05, 3.63) is 28.2 Å². The molecule has 19 heavy (non-hydrogen) atoms. The number of rotatable bonds is 7. The summed E-state index contributed by atoms with van der Waals surface area (Å²) < 4.78 is 6.49. The van der Waals surface area contributed by atoms with Crippen molar-refractivity contribution in [2.75, 3.05) is 33.8 Å². The first-order valence-corrected chi connectivity index (χ1v) is 7.38. The van der Waals surface area contributed by atoms with E-state index in [0.29, 0.717) is 6.54 Å². The molecule has 0 spiro atoms. The summed E-state index contributed by atoms with van der Waals surface area (Å²) in [7, 11) is 3.86. The number of hydrogen-bond donors (Lipinski definition) is 1. The number of halogens is 1. The smallest absolute Gasteiger partial charge is 0.122 e. The summed E-state index contributed by atoms with van der Waals surface area (Å²) in [6.07, 6.45) is 0.972. The van der Waals surface area contributed by atoms with Crippen LogP contribution in [0, 0.1) is 5.41 Å². The van der Waals surface area contributed by atoms with E-state index >= 15 is 0 Å². The van der Waals surface area contributed by atoms with E-state index in [1.54, 1.807) is 7.11 Å². The normalized spacial score (nSPS) is 11.9. The number of ether oxygens (including phenoxy) is 1. The van der Waals surface area contributed by atoms with Crippen LogP contribution in [0.5, 0.6) is 5.75 Å². The van der Waals surface area contributed by atoms with Crippen LogP contribution < -0.4 is 10.5 Å². The van der Waals surface area contributed by atoms with Crippen molar-refractivity contribution in [2.24, 2.45) is 11.1 Å². The summed E-state index contributed by atoms with van der Waals surface area (Å²) in [5.74, 6) is 0.953. The summed E-state index contributed by atoms with van der Waals surface area (Å²) in [5.41, 5.74) is 7.17. The lowest BCUT2D eigenvalue weighted by molar-refractivity contribution is 0.217. The van der Waals surface area contributed by atoms with Crippen LogP contribution in [0.2, 0.25) is 0 Å². The fourth-order valence-electron chi connectivity index (χ4n) is 2.13. The monoisotopic (exact) mass is 328 g/mol. The second-order valence-corrected chi connectivity index (χ2v) is 6.73. The van der Waals surface area contributed by atoms with Crippen molar-refractivity contribution in [3.63, 3.8) is 0 Å². The minimum Gasteiger partial charge on any atom is -0.496 e. The first-order chi connectivity index (χ1) is 8.88. The van der Waals surface area contributed by atoms with Crippen molar-refractivity contribution < 1.29 is 4.74 Å². The van der Waals surface area contributed by atoms with E-state index in [1.165, 1.54) is 5.56 Å². The molecule has 0 aliphatic rings. The van der Waals surface area contributed by atoms with Gasteiger partial charge in [-0.05, 0) is 49.2 Å². The van der Waals surface area contributed by atoms with E-state index in [0.717, 1.165) is 29.7 Å². The number of methoxy groups -OCH3 is 1. The van der Waals surface area contributed by atoms with Crippen LogP contribution in [0.25, 0.3) is 0 Å². The van der Waals surface area contributed by atoms with Gasteiger partial charge in [-0.15, -0.1) is 0 Å². The van der Waals surface area contributed by atoms with Gasteiger partial charge in [-0.25, -0.2) is 0 Å². The largest absolute Gasteiger partial charge is 0.496 e. The van der Waals surface area contributed by atoms with Crippen LogP contribution in [0.15, 0.2) is 22.7 Å². The van der Waals surface area contributed by atoms with Gasteiger partial charge in [-0.2, -0.15) is 0 Å². The predicted octanol–water partition coefficient (Wildman–Crippen LogP) is 2.92. The Morgan fingerprint density at radius 2 is 2.05 bits per heavy atom. The third kappa shape index (κ3) is 5.51. The lowest BCUT2D eigenvalue weighted by Crippen LogP contribution is -2.37. The molecule has 0 fully saturated rings. The minimum atomic E-state index is 0.163. The molecule has 0 heterocycles. The van der Waals surface area contributed by atoms with Gasteiger partial charge in [0.25, 0.3) is 0 Å². The molecule has 0 aromatic heterocycles. The third-order valence-corrected chi connectivity index (χ3v) is 3.75. The SMILES string of the molecule is COc1ccc(Br)cc1CCN(C)CC(C)(C)CN. The van der Waals surface area contributed by atoms with Gasteiger partial charge in [0.05, 0.1) is 7.11 Å². The Bertz CT molecular complexity index is 407. The van der Waals surface area contributed by atoms with E-state index in [9.17, 15) is 0 Å². The standard InChI is InChI=1S/C15H25BrN2O/c1-15(2,10-17)11-18(3)8-7-12-9-13(16)5-6-14(12)19-4/h5-6,9H,7-8,10-11,17H2,1-4H3. The first-order valence-electron chi connectivity index (χ1n) is 6.59. The maximum atomic E-state index is 5.77. The number of hydrogen-bond acceptors (Lipinski definition) is 3. The van der Waals surface area contributed by atoms with Crippen molar-refractivity contribution in [1.29, 1.82) is 0 Å². The summed E-state index contributed by atoms with van der Waals surface area (Å²) >= 11 is 3.51. The molecular formula is C15H25BrN2O. The molecule has 1 aromatic carbocycles. The van der Waals surface area contributed by atoms with Gasteiger partial charge >= 0.3 is 0 Å². The highest BCUT2D eigenvalue weighted by atomic mass is 79.9. The molecule has 0 radical (unpaired) electrons. The molecule has 2 N–H and O–H groups in total. The highest BCUT2D eigenvalue weighted by molar-refractivity contribution is 9.10. The zero-order valence-corrected chi connectivity index (χ0v) is 14.0. The Morgan fingerprint density at radius 3 is 2.63 bits per heavy atom. The van der Waals surface area contributed by atoms with Crippen LogP contribution >= 0.6 is 15.9 Å². The van der Waals surface area contributed by atoms with Gasteiger partial charge < -0.3 is 15.4 Å². The van der Waals surface area contributed by atoms with Crippen molar-refractivity contribution in [1.82, 2.24) is 4.90 Å². The predicted molar refractivity (Wildman–Crippen MR) is 84.7 cm³/mol. The molecule has 0 amide bonds. The maximum absolute atomic E-state index is 5.77. The summed E-state index contributed by atoms with van der Waals surface area (Å²) in [6.45, 7) is 7.10. The Labute approximate surface area is 125 Å². The lowest BCUT2D eigenvalue weighted by Gasteiger charge is -2.29. The maximum Gasteiger partial charge on any atom is 0.122 e. The quantitative estimate of drug-likeness (QED) is 0.836. The molecular weight excluding hydrogens is 304 g/mol. The molecule has 0 unspecified atom stereocenters. The van der Waals surface area contributed by atoms with E-state index < -0.39 is 0 Å². The molecule has 0 bridgehead atoms. The molecule has 108 valence electrons. The Morgan fingerprint density at radius 1 is 1.37 bits per heavy atom. The molecule has 0 aliphatic heterocycles. The fourth-order valence-corrected chi connectivity index (χ4v) is 2.54. The van der Waals surface area contributed by atoms with Gasteiger partial charge in [0.1, 0.15) is 5.75 Å². The highest BCUT2D eigenvalue weighted by Crippen LogP contribution is 2.24. The second kappa shape index (κ2) is 7.27. The Kier molecular flexibility index (Phi) is 6.30. The molecule has 3 nitrogen and oxygen atoms in total. The fraction of sp³-hybridized carbons (Fsp3) is 0.600. The average molecular weight is 329 g/mol. The van der Waals surface area contributed by atoms with Crippen LogP contribution in [-0.2, 0) is 6.42 Å². The summed E-state index contributed by atoms with van der Waals surface area (Å²) in [6, 6.07) is 6.13. The zero-order chi connectivity index (χ0) is 14.5. The van der Waals surface area contributed by atoms with Crippen LogP contribution in [0.1, 0.15) is 19.4 Å². The molecule has 1 rings (SSSR count). The average Bonchev–Trinajstić information content (AvgIpc) is 2.36. The Hall–Kier alpha value is -0.580. The van der Waals surface area contributed by atoms with Gasteiger partial charge in [0.15, 0.2) is 0 Å². The Balaban J connectivity index is 2.59.